The molecule has 4 rings (SSSR count). The number of ether oxygens (including phenoxy) is 2. The first-order valence-electron chi connectivity index (χ1n) is 5.95. The van der Waals surface area contributed by atoms with Gasteiger partial charge in [0.25, 0.3) is 0 Å². The van der Waals surface area contributed by atoms with Crippen molar-refractivity contribution >= 4 is 34.2 Å². The fourth-order valence-electron chi connectivity index (χ4n) is 2.18. The average Bonchev–Trinajstić information content (AvgIpc) is 3.04. The maximum absolute atomic E-state index is 6.03. The maximum Gasteiger partial charge on any atom is 0.231 e. The number of H-pyrrole nitrogens is 1. The van der Waals surface area contributed by atoms with Gasteiger partial charge in [0, 0.05) is 17.7 Å². The van der Waals surface area contributed by atoms with Crippen LogP contribution in [-0.2, 0) is 0 Å². The number of aromatic nitrogens is 2. The molecule has 4 nitrogen and oxygen atoms in total. The van der Waals surface area contributed by atoms with Gasteiger partial charge in [-0.2, -0.15) is 0 Å². The zero-order chi connectivity index (χ0) is 13.7. The Bertz CT molecular complexity index is 788. The summed E-state index contributed by atoms with van der Waals surface area (Å²) >= 11 is 12.0. The summed E-state index contributed by atoms with van der Waals surface area (Å²) in [5.74, 6) is 2.16. The van der Waals surface area contributed by atoms with E-state index >= 15 is 0 Å². The van der Waals surface area contributed by atoms with Crippen molar-refractivity contribution in [2.24, 2.45) is 0 Å². The minimum Gasteiger partial charge on any atom is -0.454 e. The Hall–Kier alpha value is -1.91. The molecule has 1 aliphatic rings. The number of imidazole rings is 1. The van der Waals surface area contributed by atoms with E-state index < -0.39 is 0 Å². The van der Waals surface area contributed by atoms with E-state index in [1.807, 2.05) is 18.2 Å². The number of hydrogen-bond donors (Lipinski definition) is 1. The van der Waals surface area contributed by atoms with Crippen LogP contribution >= 0.6 is 23.2 Å². The van der Waals surface area contributed by atoms with E-state index in [0.717, 1.165) is 28.2 Å². The van der Waals surface area contributed by atoms with E-state index in [-0.39, 0.29) is 6.79 Å². The predicted octanol–water partition coefficient (Wildman–Crippen LogP) is 4.27. The van der Waals surface area contributed by atoms with Crippen molar-refractivity contribution in [3.8, 4) is 22.9 Å². The van der Waals surface area contributed by atoms with Crippen LogP contribution in [0.3, 0.4) is 0 Å². The lowest BCUT2D eigenvalue weighted by atomic mass is 10.2. The molecular weight excluding hydrogens is 299 g/mol. The number of aromatic amines is 1. The van der Waals surface area contributed by atoms with Crippen LogP contribution in [0, 0.1) is 0 Å². The lowest BCUT2D eigenvalue weighted by Gasteiger charge is -1.99. The van der Waals surface area contributed by atoms with Crippen molar-refractivity contribution in [3.63, 3.8) is 0 Å². The molecule has 0 saturated heterocycles. The number of halogens is 2. The molecule has 3 aromatic rings. The highest BCUT2D eigenvalue weighted by Gasteiger charge is 2.16. The summed E-state index contributed by atoms with van der Waals surface area (Å²) in [5, 5.41) is 1.02. The Morgan fingerprint density at radius 3 is 2.60 bits per heavy atom. The number of fused-ring (bicyclic) bond motifs is 2. The number of rotatable bonds is 1. The number of nitrogens with one attached hydrogen (secondary N) is 1. The van der Waals surface area contributed by atoms with Crippen molar-refractivity contribution in [1.29, 1.82) is 0 Å². The summed E-state index contributed by atoms with van der Waals surface area (Å²) in [4.78, 5) is 7.78. The Labute approximate surface area is 124 Å². The second-order valence-electron chi connectivity index (χ2n) is 4.44. The second kappa shape index (κ2) is 4.30. The van der Waals surface area contributed by atoms with Gasteiger partial charge in [-0.1, -0.05) is 23.2 Å². The molecule has 2 aromatic carbocycles. The largest absolute Gasteiger partial charge is 0.454 e. The van der Waals surface area contributed by atoms with Gasteiger partial charge in [-0.25, -0.2) is 4.98 Å². The quantitative estimate of drug-likeness (QED) is 0.730. The van der Waals surface area contributed by atoms with Crippen LogP contribution in [-0.4, -0.2) is 16.8 Å². The van der Waals surface area contributed by atoms with Crippen LogP contribution < -0.4 is 9.47 Å². The van der Waals surface area contributed by atoms with Crippen molar-refractivity contribution in [3.05, 3.63) is 40.4 Å². The van der Waals surface area contributed by atoms with Gasteiger partial charge in [0.15, 0.2) is 11.5 Å². The normalized spacial score (nSPS) is 13.1. The molecule has 0 aliphatic carbocycles. The molecule has 0 bridgehead atoms. The summed E-state index contributed by atoms with van der Waals surface area (Å²) in [7, 11) is 0. The highest BCUT2D eigenvalue weighted by atomic mass is 35.5. The fraction of sp³-hybridized carbons (Fsp3) is 0.0714. The molecule has 1 aromatic heterocycles. The topological polar surface area (TPSA) is 47.1 Å². The van der Waals surface area contributed by atoms with Gasteiger partial charge in [0.05, 0.1) is 21.1 Å². The monoisotopic (exact) mass is 306 g/mol. The molecule has 0 fully saturated rings. The third-order valence-electron chi connectivity index (χ3n) is 3.17. The third-order valence-corrected chi connectivity index (χ3v) is 3.91. The molecule has 2 heterocycles. The molecule has 100 valence electrons. The Kier molecular flexibility index (Phi) is 2.55. The first-order chi connectivity index (χ1) is 9.70. The standard InChI is InChI=1S/C14H8Cl2N2O2/c15-8-2-1-7(3-9(8)16)14-17-10-4-12-13(20-6-19-12)5-11(10)18-14/h1-5H,6H2,(H,17,18). The minimum absolute atomic E-state index is 0.252. The molecule has 0 amide bonds. The molecule has 0 saturated carbocycles. The van der Waals surface area contributed by atoms with Crippen molar-refractivity contribution in [1.82, 2.24) is 9.97 Å². The Balaban J connectivity index is 1.86. The van der Waals surface area contributed by atoms with E-state index in [2.05, 4.69) is 9.97 Å². The highest BCUT2D eigenvalue weighted by molar-refractivity contribution is 6.42. The zero-order valence-electron chi connectivity index (χ0n) is 10.1. The van der Waals surface area contributed by atoms with Gasteiger partial charge in [0.1, 0.15) is 5.82 Å². The van der Waals surface area contributed by atoms with Gasteiger partial charge < -0.3 is 14.5 Å². The van der Waals surface area contributed by atoms with E-state index in [0.29, 0.717) is 15.8 Å². The summed E-state index contributed by atoms with van der Waals surface area (Å²) < 4.78 is 10.7. The maximum atomic E-state index is 6.03. The minimum atomic E-state index is 0.252. The smallest absolute Gasteiger partial charge is 0.231 e. The van der Waals surface area contributed by atoms with Crippen LogP contribution in [0.25, 0.3) is 22.4 Å². The van der Waals surface area contributed by atoms with Gasteiger partial charge in [-0.15, -0.1) is 0 Å². The summed E-state index contributed by atoms with van der Waals surface area (Å²) in [6, 6.07) is 9.13. The van der Waals surface area contributed by atoms with E-state index in [9.17, 15) is 0 Å². The molecule has 0 unspecified atom stereocenters. The first-order valence-corrected chi connectivity index (χ1v) is 6.71. The SMILES string of the molecule is Clc1ccc(-c2nc3cc4c(cc3[nH]2)OCO4)cc1Cl. The fourth-order valence-corrected chi connectivity index (χ4v) is 2.48. The first kappa shape index (κ1) is 11.9. The van der Waals surface area contributed by atoms with Crippen molar-refractivity contribution < 1.29 is 9.47 Å². The number of nitrogens with zero attached hydrogens (tertiary/aromatic N) is 1. The number of benzene rings is 2. The lowest BCUT2D eigenvalue weighted by Crippen LogP contribution is -1.92. The van der Waals surface area contributed by atoms with Crippen molar-refractivity contribution in [2.75, 3.05) is 6.79 Å². The highest BCUT2D eigenvalue weighted by Crippen LogP contribution is 2.36. The Morgan fingerprint density at radius 2 is 1.80 bits per heavy atom. The van der Waals surface area contributed by atoms with Crippen LogP contribution in [0.5, 0.6) is 11.5 Å². The second-order valence-corrected chi connectivity index (χ2v) is 5.25. The Morgan fingerprint density at radius 1 is 1.00 bits per heavy atom. The summed E-state index contributed by atoms with van der Waals surface area (Å²) in [5.41, 5.74) is 2.57. The molecule has 1 aliphatic heterocycles. The van der Waals surface area contributed by atoms with Gasteiger partial charge in [0.2, 0.25) is 6.79 Å². The molecular formula is C14H8Cl2N2O2. The molecule has 20 heavy (non-hydrogen) atoms. The van der Waals surface area contributed by atoms with E-state index in [4.69, 9.17) is 32.7 Å². The average molecular weight is 307 g/mol. The summed E-state index contributed by atoms with van der Waals surface area (Å²) in [6.45, 7) is 0.252. The van der Waals surface area contributed by atoms with E-state index in [1.165, 1.54) is 0 Å². The van der Waals surface area contributed by atoms with Gasteiger partial charge in [-0.05, 0) is 18.2 Å². The van der Waals surface area contributed by atoms with Crippen LogP contribution in [0.15, 0.2) is 30.3 Å². The molecule has 0 spiro atoms. The summed E-state index contributed by atoms with van der Waals surface area (Å²) in [6.07, 6.45) is 0. The van der Waals surface area contributed by atoms with E-state index in [1.54, 1.807) is 12.1 Å². The molecule has 0 radical (unpaired) electrons. The third kappa shape index (κ3) is 1.80. The van der Waals surface area contributed by atoms with Crippen LogP contribution in [0.2, 0.25) is 10.0 Å². The van der Waals surface area contributed by atoms with Crippen LogP contribution in [0.1, 0.15) is 0 Å². The zero-order valence-corrected chi connectivity index (χ0v) is 11.6. The van der Waals surface area contributed by atoms with Gasteiger partial charge >= 0.3 is 0 Å². The van der Waals surface area contributed by atoms with Crippen LogP contribution in [0.4, 0.5) is 0 Å². The number of hydrogen-bond acceptors (Lipinski definition) is 3. The molecule has 6 heteroatoms. The lowest BCUT2D eigenvalue weighted by molar-refractivity contribution is 0.174. The predicted molar refractivity (Wildman–Crippen MR) is 77.7 cm³/mol. The van der Waals surface area contributed by atoms with Crippen molar-refractivity contribution in [2.45, 2.75) is 0 Å². The molecule has 0 atom stereocenters. The molecule has 1 N–H and O–H groups in total. The van der Waals surface area contributed by atoms with Gasteiger partial charge in [-0.3, -0.25) is 0 Å².